The van der Waals surface area contributed by atoms with Gasteiger partial charge in [-0.1, -0.05) is 67.8 Å². The van der Waals surface area contributed by atoms with Crippen molar-refractivity contribution in [2.75, 3.05) is 13.2 Å². The summed E-state index contributed by atoms with van der Waals surface area (Å²) in [4.78, 5) is 39.2. The molecule has 1 saturated carbocycles. The minimum atomic E-state index is -1.14. The van der Waals surface area contributed by atoms with Gasteiger partial charge in [0.05, 0.1) is 0 Å². The van der Waals surface area contributed by atoms with Gasteiger partial charge in [0.15, 0.2) is 0 Å². The SMILES string of the molecule is CC(C)N(CC(=O)O)C(=O)C1(NC(=O)OCC2c3ccccc3-c3ccccc32)CCCCC1. The van der Waals surface area contributed by atoms with Crippen LogP contribution < -0.4 is 5.32 Å². The summed E-state index contributed by atoms with van der Waals surface area (Å²) < 4.78 is 5.70. The van der Waals surface area contributed by atoms with Crippen LogP contribution in [-0.4, -0.2) is 52.7 Å². The average Bonchev–Trinajstić information content (AvgIpc) is 3.15. The molecule has 0 heterocycles. The third kappa shape index (κ3) is 4.65. The van der Waals surface area contributed by atoms with Crippen molar-refractivity contribution >= 4 is 18.0 Å². The normalized spacial score (nSPS) is 16.4. The number of alkyl carbamates (subject to hydrolysis) is 1. The number of hydrogen-bond donors (Lipinski definition) is 2. The van der Waals surface area contributed by atoms with E-state index >= 15 is 0 Å². The van der Waals surface area contributed by atoms with Crippen molar-refractivity contribution in [3.8, 4) is 11.1 Å². The van der Waals surface area contributed by atoms with Gasteiger partial charge in [-0.2, -0.15) is 0 Å². The van der Waals surface area contributed by atoms with E-state index in [0.717, 1.165) is 41.5 Å². The molecule has 2 aromatic rings. The second-order valence-electron chi connectivity index (χ2n) is 9.51. The molecule has 0 unspecified atom stereocenters. The van der Waals surface area contributed by atoms with Crippen LogP contribution in [0.5, 0.6) is 0 Å². The quantitative estimate of drug-likeness (QED) is 0.627. The average molecular weight is 465 g/mol. The molecule has 0 aliphatic heterocycles. The monoisotopic (exact) mass is 464 g/mol. The van der Waals surface area contributed by atoms with E-state index in [0.29, 0.717) is 12.8 Å². The number of carboxylic acids is 1. The van der Waals surface area contributed by atoms with Crippen LogP contribution in [0.1, 0.15) is 63.0 Å². The predicted molar refractivity (Wildman–Crippen MR) is 129 cm³/mol. The van der Waals surface area contributed by atoms with Gasteiger partial charge >= 0.3 is 12.1 Å². The highest BCUT2D eigenvalue weighted by molar-refractivity contribution is 5.92. The molecule has 0 radical (unpaired) electrons. The van der Waals surface area contributed by atoms with Gasteiger partial charge in [-0.15, -0.1) is 0 Å². The fourth-order valence-electron chi connectivity index (χ4n) is 5.29. The maximum Gasteiger partial charge on any atom is 0.408 e. The number of hydrogen-bond acceptors (Lipinski definition) is 4. The fourth-order valence-corrected chi connectivity index (χ4v) is 5.29. The Morgan fingerprint density at radius 3 is 2.09 bits per heavy atom. The number of fused-ring (bicyclic) bond motifs is 3. The number of nitrogens with one attached hydrogen (secondary N) is 1. The molecule has 0 bridgehead atoms. The van der Waals surface area contributed by atoms with Gasteiger partial charge in [-0.3, -0.25) is 9.59 Å². The number of rotatable bonds is 7. The highest BCUT2D eigenvalue weighted by atomic mass is 16.5. The molecule has 0 saturated heterocycles. The Bertz CT molecular complexity index is 1030. The third-order valence-electron chi connectivity index (χ3n) is 6.99. The van der Waals surface area contributed by atoms with Crippen molar-refractivity contribution in [2.45, 2.75) is 63.5 Å². The minimum Gasteiger partial charge on any atom is -0.480 e. The van der Waals surface area contributed by atoms with Crippen LogP contribution >= 0.6 is 0 Å². The summed E-state index contributed by atoms with van der Waals surface area (Å²) in [5.41, 5.74) is 3.39. The maximum atomic E-state index is 13.5. The number of amides is 2. The first kappa shape index (κ1) is 23.8. The van der Waals surface area contributed by atoms with Crippen LogP contribution in [0.15, 0.2) is 48.5 Å². The molecule has 7 heteroatoms. The molecule has 0 aromatic heterocycles. The zero-order valence-electron chi connectivity index (χ0n) is 19.8. The van der Waals surface area contributed by atoms with E-state index in [4.69, 9.17) is 4.74 Å². The molecule has 2 amide bonds. The van der Waals surface area contributed by atoms with Crippen molar-refractivity contribution < 1.29 is 24.2 Å². The lowest BCUT2D eigenvalue weighted by molar-refractivity contribution is -0.150. The summed E-state index contributed by atoms with van der Waals surface area (Å²) in [6.45, 7) is 3.33. The van der Waals surface area contributed by atoms with E-state index in [-0.39, 0.29) is 24.5 Å². The van der Waals surface area contributed by atoms with E-state index in [1.165, 1.54) is 4.90 Å². The first-order valence-electron chi connectivity index (χ1n) is 12.0. The molecule has 2 aliphatic rings. The topological polar surface area (TPSA) is 95.9 Å². The Morgan fingerprint density at radius 1 is 1.00 bits per heavy atom. The van der Waals surface area contributed by atoms with Gasteiger partial charge < -0.3 is 20.1 Å². The fraction of sp³-hybridized carbons (Fsp3) is 0.444. The van der Waals surface area contributed by atoms with Gasteiger partial charge in [0.25, 0.3) is 0 Å². The van der Waals surface area contributed by atoms with Gasteiger partial charge in [-0.25, -0.2) is 4.79 Å². The molecule has 2 aromatic carbocycles. The molecule has 0 atom stereocenters. The summed E-state index contributed by atoms with van der Waals surface area (Å²) in [5, 5.41) is 12.2. The molecular formula is C27H32N2O5. The van der Waals surface area contributed by atoms with E-state index in [2.05, 4.69) is 29.6 Å². The number of benzene rings is 2. The van der Waals surface area contributed by atoms with Crippen molar-refractivity contribution in [3.05, 3.63) is 59.7 Å². The van der Waals surface area contributed by atoms with Crippen molar-refractivity contribution in [3.63, 3.8) is 0 Å². The largest absolute Gasteiger partial charge is 0.480 e. The molecule has 2 aliphatic carbocycles. The van der Waals surface area contributed by atoms with Crippen molar-refractivity contribution in [1.82, 2.24) is 10.2 Å². The van der Waals surface area contributed by atoms with Crippen LogP contribution in [0.25, 0.3) is 11.1 Å². The van der Waals surface area contributed by atoms with Crippen LogP contribution in [0.3, 0.4) is 0 Å². The number of aliphatic carboxylic acids is 1. The summed E-state index contributed by atoms with van der Waals surface area (Å²) in [5.74, 6) is -1.50. The minimum absolute atomic E-state index is 0.0738. The number of carbonyl (C=O) groups is 3. The molecule has 180 valence electrons. The van der Waals surface area contributed by atoms with E-state index in [9.17, 15) is 19.5 Å². The molecule has 7 nitrogen and oxygen atoms in total. The highest BCUT2D eigenvalue weighted by Crippen LogP contribution is 2.44. The lowest BCUT2D eigenvalue weighted by atomic mass is 9.80. The third-order valence-corrected chi connectivity index (χ3v) is 6.99. The number of carbonyl (C=O) groups excluding carboxylic acids is 2. The summed E-state index contributed by atoms with van der Waals surface area (Å²) in [6.07, 6.45) is 2.85. The zero-order valence-corrected chi connectivity index (χ0v) is 19.8. The highest BCUT2D eigenvalue weighted by Gasteiger charge is 2.45. The summed E-state index contributed by atoms with van der Waals surface area (Å²) in [7, 11) is 0. The first-order chi connectivity index (χ1) is 16.3. The number of carboxylic acid groups (broad SMARTS) is 1. The second kappa shape index (κ2) is 9.87. The molecule has 4 rings (SSSR count). The van der Waals surface area contributed by atoms with Crippen LogP contribution in [0, 0.1) is 0 Å². The van der Waals surface area contributed by atoms with Crippen molar-refractivity contribution in [2.24, 2.45) is 0 Å². The summed E-state index contributed by atoms with van der Waals surface area (Å²) >= 11 is 0. The first-order valence-corrected chi connectivity index (χ1v) is 12.0. The molecular weight excluding hydrogens is 432 g/mol. The summed E-state index contributed by atoms with van der Waals surface area (Å²) in [6, 6.07) is 15.9. The van der Waals surface area contributed by atoms with E-state index in [1.807, 2.05) is 24.3 Å². The predicted octanol–water partition coefficient (Wildman–Crippen LogP) is 4.55. The van der Waals surface area contributed by atoms with E-state index < -0.39 is 24.1 Å². The van der Waals surface area contributed by atoms with Crippen LogP contribution in [-0.2, 0) is 14.3 Å². The standard InChI is InChI=1S/C27H32N2O5/c1-18(2)29(16-24(30)31)25(32)27(14-8-3-9-15-27)28-26(33)34-17-23-21-12-6-4-10-19(21)20-11-5-7-13-22(20)23/h4-7,10-13,18,23H,3,8-9,14-17H2,1-2H3,(H,28,33)(H,30,31). The van der Waals surface area contributed by atoms with Crippen LogP contribution in [0.4, 0.5) is 4.79 Å². The Labute approximate surface area is 200 Å². The second-order valence-corrected chi connectivity index (χ2v) is 9.51. The Balaban J connectivity index is 1.50. The van der Waals surface area contributed by atoms with Gasteiger partial charge in [0, 0.05) is 12.0 Å². The lowest BCUT2D eigenvalue weighted by Gasteiger charge is -2.41. The van der Waals surface area contributed by atoms with Crippen molar-refractivity contribution in [1.29, 1.82) is 0 Å². The Morgan fingerprint density at radius 2 is 1.56 bits per heavy atom. The maximum absolute atomic E-state index is 13.5. The molecule has 2 N–H and O–H groups in total. The number of ether oxygens (including phenoxy) is 1. The number of nitrogens with zero attached hydrogens (tertiary/aromatic N) is 1. The zero-order chi connectivity index (χ0) is 24.3. The molecule has 34 heavy (non-hydrogen) atoms. The lowest BCUT2D eigenvalue weighted by Crippen LogP contribution is -2.62. The Kier molecular flexibility index (Phi) is 6.91. The van der Waals surface area contributed by atoms with Gasteiger partial charge in [-0.05, 0) is 48.9 Å². The molecule has 0 spiro atoms. The van der Waals surface area contributed by atoms with Gasteiger partial charge in [0.1, 0.15) is 18.7 Å². The Hall–Kier alpha value is -3.35. The molecule has 1 fully saturated rings. The van der Waals surface area contributed by atoms with Crippen LogP contribution in [0.2, 0.25) is 0 Å². The van der Waals surface area contributed by atoms with E-state index in [1.54, 1.807) is 13.8 Å². The van der Waals surface area contributed by atoms with Gasteiger partial charge in [0.2, 0.25) is 5.91 Å². The smallest absolute Gasteiger partial charge is 0.408 e.